The first-order chi connectivity index (χ1) is 16.6. The van der Waals surface area contributed by atoms with E-state index in [1.807, 2.05) is 48.5 Å². The Labute approximate surface area is 203 Å². The molecule has 0 radical (unpaired) electrons. The van der Waals surface area contributed by atoms with E-state index in [1.165, 1.54) is 22.9 Å². The van der Waals surface area contributed by atoms with Gasteiger partial charge in [0.05, 0.1) is 30.4 Å². The fraction of sp³-hybridized carbons (Fsp3) is 0.148. The zero-order chi connectivity index (χ0) is 23.8. The van der Waals surface area contributed by atoms with E-state index in [0.29, 0.717) is 6.54 Å². The number of methoxy groups -OCH3 is 1. The lowest BCUT2D eigenvalue weighted by Gasteiger charge is -2.09. The Kier molecular flexibility index (Phi) is 7.78. The van der Waals surface area contributed by atoms with Crippen LogP contribution in [0.2, 0.25) is 0 Å². The molecule has 0 unspecified atom stereocenters. The lowest BCUT2D eigenvalue weighted by molar-refractivity contribution is -0.118. The van der Waals surface area contributed by atoms with Gasteiger partial charge in [-0.2, -0.15) is 5.10 Å². The number of nitrogens with zero attached hydrogens (tertiary/aromatic N) is 3. The minimum absolute atomic E-state index is 0.194. The number of imidazole rings is 1. The lowest BCUT2D eigenvalue weighted by Crippen LogP contribution is -2.19. The Balaban J connectivity index is 1.38. The van der Waals surface area contributed by atoms with Gasteiger partial charge in [-0.1, -0.05) is 71.9 Å². The number of hydrogen-bond donors (Lipinski definition) is 1. The molecule has 0 bridgehead atoms. The molecule has 4 aromatic rings. The first-order valence-corrected chi connectivity index (χ1v) is 11.9. The molecule has 1 amide bonds. The van der Waals surface area contributed by atoms with Crippen molar-refractivity contribution in [1.29, 1.82) is 0 Å². The van der Waals surface area contributed by atoms with Crippen LogP contribution in [0.5, 0.6) is 5.75 Å². The molecule has 1 aromatic heterocycles. The standard InChI is InChI=1S/C27H26N4O2S/c1-20-13-15-21(16-14-20)18-31-24-11-5-4-10-23(24)29-27(31)34-19-26(32)30-28-17-7-9-22-8-3-6-12-25(22)33-2/h3-17H,18-19H2,1-2H3,(H,30,32)/b9-7+,28-17-. The number of carbonyl (C=O) groups excluding carboxylic acids is 1. The van der Waals surface area contributed by atoms with Crippen LogP contribution in [0.25, 0.3) is 17.1 Å². The largest absolute Gasteiger partial charge is 0.496 e. The minimum Gasteiger partial charge on any atom is -0.496 e. The molecule has 6 nitrogen and oxygen atoms in total. The van der Waals surface area contributed by atoms with Crippen molar-refractivity contribution in [3.63, 3.8) is 0 Å². The monoisotopic (exact) mass is 470 g/mol. The number of thioether (sulfide) groups is 1. The Morgan fingerprint density at radius 2 is 1.85 bits per heavy atom. The molecule has 0 fully saturated rings. The van der Waals surface area contributed by atoms with Crippen LogP contribution >= 0.6 is 11.8 Å². The number of hydrazone groups is 1. The van der Waals surface area contributed by atoms with E-state index >= 15 is 0 Å². The highest BCUT2D eigenvalue weighted by atomic mass is 32.2. The summed E-state index contributed by atoms with van der Waals surface area (Å²) in [4.78, 5) is 17.1. The predicted octanol–water partition coefficient (Wildman–Crippen LogP) is 5.31. The normalized spacial score (nSPS) is 11.5. The number of amides is 1. The molecule has 0 aliphatic heterocycles. The number of benzene rings is 3. The summed E-state index contributed by atoms with van der Waals surface area (Å²) in [6.07, 6.45) is 5.17. The van der Waals surface area contributed by atoms with Gasteiger partial charge in [-0.3, -0.25) is 4.79 Å². The molecule has 0 saturated carbocycles. The topological polar surface area (TPSA) is 68.5 Å². The van der Waals surface area contributed by atoms with Crippen LogP contribution in [0, 0.1) is 6.92 Å². The van der Waals surface area contributed by atoms with Gasteiger partial charge in [0.15, 0.2) is 5.16 Å². The molecule has 172 valence electrons. The molecule has 0 spiro atoms. The fourth-order valence-electron chi connectivity index (χ4n) is 3.46. The van der Waals surface area contributed by atoms with Crippen LogP contribution in [0.1, 0.15) is 16.7 Å². The van der Waals surface area contributed by atoms with Gasteiger partial charge >= 0.3 is 0 Å². The second-order valence-electron chi connectivity index (χ2n) is 7.66. The number of allylic oxidation sites excluding steroid dienone is 1. The molecule has 3 aromatic carbocycles. The highest BCUT2D eigenvalue weighted by molar-refractivity contribution is 7.99. The molecule has 4 rings (SSSR count). The Morgan fingerprint density at radius 1 is 1.09 bits per heavy atom. The number of rotatable bonds is 9. The van der Waals surface area contributed by atoms with E-state index in [-0.39, 0.29) is 11.7 Å². The zero-order valence-electron chi connectivity index (χ0n) is 19.1. The van der Waals surface area contributed by atoms with Crippen molar-refractivity contribution in [3.8, 4) is 5.75 Å². The predicted molar refractivity (Wildman–Crippen MR) is 139 cm³/mol. The molecule has 0 aliphatic rings. The van der Waals surface area contributed by atoms with E-state index in [9.17, 15) is 4.79 Å². The highest BCUT2D eigenvalue weighted by Crippen LogP contribution is 2.25. The molecule has 0 saturated heterocycles. The average Bonchev–Trinajstić information content (AvgIpc) is 3.21. The van der Waals surface area contributed by atoms with E-state index in [2.05, 4.69) is 52.3 Å². The third-order valence-electron chi connectivity index (χ3n) is 5.18. The summed E-state index contributed by atoms with van der Waals surface area (Å²) < 4.78 is 7.46. The summed E-state index contributed by atoms with van der Waals surface area (Å²) in [6.45, 7) is 2.77. The number of aryl methyl sites for hydroxylation is 1. The van der Waals surface area contributed by atoms with Crippen molar-refractivity contribution in [1.82, 2.24) is 15.0 Å². The summed E-state index contributed by atoms with van der Waals surface area (Å²) >= 11 is 1.40. The maximum atomic E-state index is 12.3. The summed E-state index contributed by atoms with van der Waals surface area (Å²) in [5, 5.41) is 4.81. The van der Waals surface area contributed by atoms with E-state index in [1.54, 1.807) is 19.4 Å². The van der Waals surface area contributed by atoms with Gasteiger partial charge in [0, 0.05) is 11.8 Å². The number of nitrogens with one attached hydrogen (secondary N) is 1. The van der Waals surface area contributed by atoms with Gasteiger partial charge in [0.2, 0.25) is 0 Å². The molecular formula is C27H26N4O2S. The van der Waals surface area contributed by atoms with Gasteiger partial charge in [-0.05, 0) is 42.8 Å². The minimum atomic E-state index is -0.194. The van der Waals surface area contributed by atoms with Gasteiger partial charge < -0.3 is 9.30 Å². The third-order valence-corrected chi connectivity index (χ3v) is 6.15. The van der Waals surface area contributed by atoms with Gasteiger partial charge in [0.25, 0.3) is 5.91 Å². The number of ether oxygens (including phenoxy) is 1. The maximum absolute atomic E-state index is 12.3. The number of fused-ring (bicyclic) bond motifs is 1. The number of para-hydroxylation sites is 3. The summed E-state index contributed by atoms with van der Waals surface area (Å²) in [5.74, 6) is 0.798. The number of aromatic nitrogens is 2. The van der Waals surface area contributed by atoms with Gasteiger partial charge in [0.1, 0.15) is 5.75 Å². The lowest BCUT2D eigenvalue weighted by atomic mass is 10.1. The SMILES string of the molecule is COc1ccccc1/C=C/C=N\NC(=O)CSc1nc2ccccc2n1Cc1ccc(C)cc1. The second kappa shape index (κ2) is 11.3. The fourth-order valence-corrected chi connectivity index (χ4v) is 4.26. The van der Waals surface area contributed by atoms with Crippen molar-refractivity contribution in [2.24, 2.45) is 5.10 Å². The second-order valence-corrected chi connectivity index (χ2v) is 8.60. The van der Waals surface area contributed by atoms with E-state index in [0.717, 1.165) is 27.5 Å². The molecule has 1 N–H and O–H groups in total. The quantitative estimate of drug-likeness (QED) is 0.205. The van der Waals surface area contributed by atoms with Gasteiger partial charge in [-0.15, -0.1) is 0 Å². The zero-order valence-corrected chi connectivity index (χ0v) is 20.0. The molecule has 7 heteroatoms. The van der Waals surface area contributed by atoms with Crippen molar-refractivity contribution >= 4 is 41.0 Å². The van der Waals surface area contributed by atoms with E-state index < -0.39 is 0 Å². The van der Waals surface area contributed by atoms with Crippen molar-refractivity contribution in [3.05, 3.63) is 95.6 Å². The van der Waals surface area contributed by atoms with Crippen molar-refractivity contribution in [2.45, 2.75) is 18.6 Å². The number of carbonyl (C=O) groups is 1. The van der Waals surface area contributed by atoms with Crippen LogP contribution in [0.15, 0.2) is 89.1 Å². The van der Waals surface area contributed by atoms with Crippen LogP contribution in [-0.4, -0.2) is 34.5 Å². The van der Waals surface area contributed by atoms with Crippen molar-refractivity contribution < 1.29 is 9.53 Å². The summed E-state index contributed by atoms with van der Waals surface area (Å²) in [6, 6.07) is 24.2. The third kappa shape index (κ3) is 5.94. The molecule has 34 heavy (non-hydrogen) atoms. The number of hydrogen-bond acceptors (Lipinski definition) is 5. The highest BCUT2D eigenvalue weighted by Gasteiger charge is 2.13. The smallest absolute Gasteiger partial charge is 0.250 e. The molecule has 0 aliphatic carbocycles. The van der Waals surface area contributed by atoms with E-state index in [4.69, 9.17) is 9.72 Å². The average molecular weight is 471 g/mol. The van der Waals surface area contributed by atoms with Crippen LogP contribution in [-0.2, 0) is 11.3 Å². The van der Waals surface area contributed by atoms with Crippen LogP contribution < -0.4 is 10.2 Å². The van der Waals surface area contributed by atoms with Gasteiger partial charge in [-0.25, -0.2) is 10.4 Å². The maximum Gasteiger partial charge on any atom is 0.250 e. The Bertz CT molecular complexity index is 1330. The first-order valence-electron chi connectivity index (χ1n) is 10.9. The molecule has 0 atom stereocenters. The van der Waals surface area contributed by atoms with Crippen LogP contribution in [0.4, 0.5) is 0 Å². The Morgan fingerprint density at radius 3 is 2.68 bits per heavy atom. The molecular weight excluding hydrogens is 444 g/mol. The van der Waals surface area contributed by atoms with Crippen molar-refractivity contribution in [2.75, 3.05) is 12.9 Å². The Hall–Kier alpha value is -3.84. The summed E-state index contributed by atoms with van der Waals surface area (Å²) in [7, 11) is 1.63. The summed E-state index contributed by atoms with van der Waals surface area (Å²) in [5.41, 5.74) is 7.88. The van der Waals surface area contributed by atoms with Crippen LogP contribution in [0.3, 0.4) is 0 Å². The first kappa shape index (κ1) is 23.3. The molecule has 1 heterocycles.